The first-order chi connectivity index (χ1) is 7.17. The van der Waals surface area contributed by atoms with Crippen LogP contribution in [0.2, 0.25) is 0 Å². The average molecular weight is 312 g/mol. The molecule has 0 rings (SSSR count). The van der Waals surface area contributed by atoms with E-state index in [4.69, 9.17) is 0 Å². The van der Waals surface area contributed by atoms with E-state index < -0.39 is 37.4 Å². The molecule has 0 atom stereocenters. The van der Waals surface area contributed by atoms with E-state index in [-0.39, 0.29) is 10.2 Å². The average Bonchev–Trinajstić information content (AvgIpc) is 2.13. The molecule has 0 bridgehead atoms. The normalized spacial score (nSPS) is 11.7. The minimum absolute atomic E-state index is 0.214. The van der Waals surface area contributed by atoms with Crippen molar-refractivity contribution in [2.24, 2.45) is 0 Å². The topological polar surface area (TPSA) is 37.4 Å². The molecule has 0 heterocycles. The highest BCUT2D eigenvalue weighted by atomic mass is 79.9. The summed E-state index contributed by atoms with van der Waals surface area (Å²) in [5.41, 5.74) is 0. The number of carbonyl (C=O) groups excluding carboxylic acids is 2. The van der Waals surface area contributed by atoms with Crippen LogP contribution in [0.4, 0.5) is 22.0 Å². The first kappa shape index (κ1) is 15.3. The number of rotatable bonds is 5. The molecule has 0 aromatic rings. The lowest BCUT2D eigenvalue weighted by Gasteiger charge is -2.22. The molecule has 0 unspecified atom stereocenters. The highest BCUT2D eigenvalue weighted by molar-refractivity contribution is 9.09. The predicted molar refractivity (Wildman–Crippen MR) is 47.4 cm³/mol. The van der Waals surface area contributed by atoms with Crippen molar-refractivity contribution in [1.29, 1.82) is 0 Å². The first-order valence-electron chi connectivity index (χ1n) is 3.88. The van der Waals surface area contributed by atoms with Crippen molar-refractivity contribution in [1.82, 2.24) is 4.90 Å². The second kappa shape index (κ2) is 6.12. The fourth-order valence-corrected chi connectivity index (χ4v) is 0.999. The van der Waals surface area contributed by atoms with E-state index in [0.29, 0.717) is 0 Å². The monoisotopic (exact) mass is 311 g/mol. The molecule has 1 amide bonds. The van der Waals surface area contributed by atoms with Gasteiger partial charge in [-0.15, -0.1) is 0 Å². The summed E-state index contributed by atoms with van der Waals surface area (Å²) in [6.07, 6.45) is -8.39. The van der Waals surface area contributed by atoms with Gasteiger partial charge in [0.15, 0.2) is 5.78 Å². The summed E-state index contributed by atoms with van der Waals surface area (Å²) in [5, 5.41) is -0.308. The van der Waals surface area contributed by atoms with Crippen LogP contribution in [-0.2, 0) is 9.59 Å². The number of alkyl halides is 6. The molecule has 9 heteroatoms. The van der Waals surface area contributed by atoms with Crippen molar-refractivity contribution < 1.29 is 31.5 Å². The van der Waals surface area contributed by atoms with Gasteiger partial charge in [0.1, 0.15) is 6.54 Å². The summed E-state index contributed by atoms with van der Waals surface area (Å²) in [5.74, 6) is -2.80. The third-order valence-corrected chi connectivity index (χ3v) is 2.01. The van der Waals surface area contributed by atoms with Crippen LogP contribution in [0.3, 0.4) is 0 Å². The fourth-order valence-electron chi connectivity index (χ4n) is 0.821. The van der Waals surface area contributed by atoms with E-state index in [9.17, 15) is 31.5 Å². The number of ketones is 1. The molecule has 0 radical (unpaired) electrons. The quantitative estimate of drug-likeness (QED) is 0.571. The lowest BCUT2D eigenvalue weighted by atomic mass is 10.3. The van der Waals surface area contributed by atoms with E-state index in [2.05, 4.69) is 15.9 Å². The van der Waals surface area contributed by atoms with E-state index in [1.807, 2.05) is 0 Å². The molecule has 94 valence electrons. The van der Waals surface area contributed by atoms with Crippen molar-refractivity contribution in [3.05, 3.63) is 0 Å². The number of Topliss-reactive ketones (excluding diaryl/α,β-unsaturated/α-hetero) is 1. The molecule has 0 saturated carbocycles. The second-order valence-corrected chi connectivity index (χ2v) is 3.34. The standard InChI is InChI=1S/C7H7BrF5NO2/c8-1-4(15)2-14(3-7(11,12)13)6(16)5(9)10/h5H,1-3H2. The maximum Gasteiger partial charge on any atom is 0.406 e. The summed E-state index contributed by atoms with van der Waals surface area (Å²) >= 11 is 2.65. The number of hydrogen-bond acceptors (Lipinski definition) is 2. The van der Waals surface area contributed by atoms with Gasteiger partial charge in [0.2, 0.25) is 0 Å². The molecule has 0 spiro atoms. The van der Waals surface area contributed by atoms with Gasteiger partial charge in [-0.25, -0.2) is 0 Å². The number of nitrogens with zero attached hydrogens (tertiary/aromatic N) is 1. The third-order valence-electron chi connectivity index (χ3n) is 1.38. The molecule has 0 N–H and O–H groups in total. The Balaban J connectivity index is 4.64. The van der Waals surface area contributed by atoms with Crippen LogP contribution in [0, 0.1) is 0 Å². The van der Waals surface area contributed by atoms with E-state index >= 15 is 0 Å². The number of hydrogen-bond donors (Lipinski definition) is 0. The molecular weight excluding hydrogens is 305 g/mol. The highest BCUT2D eigenvalue weighted by Gasteiger charge is 2.36. The molecule has 0 aliphatic heterocycles. The van der Waals surface area contributed by atoms with Gasteiger partial charge in [-0.2, -0.15) is 22.0 Å². The van der Waals surface area contributed by atoms with Crippen LogP contribution in [-0.4, -0.2) is 47.6 Å². The largest absolute Gasteiger partial charge is 0.406 e. The summed E-state index contributed by atoms with van der Waals surface area (Å²) in [6, 6.07) is 0. The Bertz CT molecular complexity index is 268. The van der Waals surface area contributed by atoms with E-state index in [0.717, 1.165) is 0 Å². The minimum atomic E-state index is -4.82. The van der Waals surface area contributed by atoms with Gasteiger partial charge in [0.25, 0.3) is 5.91 Å². The zero-order chi connectivity index (χ0) is 12.9. The van der Waals surface area contributed by atoms with Crippen molar-refractivity contribution in [2.75, 3.05) is 18.4 Å². The first-order valence-corrected chi connectivity index (χ1v) is 5.01. The van der Waals surface area contributed by atoms with Crippen molar-refractivity contribution in [2.45, 2.75) is 12.6 Å². The number of carbonyl (C=O) groups is 2. The summed E-state index contributed by atoms with van der Waals surface area (Å²) < 4.78 is 59.6. The Kier molecular flexibility index (Phi) is 5.84. The van der Waals surface area contributed by atoms with Crippen molar-refractivity contribution >= 4 is 27.6 Å². The SMILES string of the molecule is O=C(CBr)CN(CC(F)(F)F)C(=O)C(F)F. The summed E-state index contributed by atoms with van der Waals surface area (Å²) in [6.45, 7) is -2.86. The Morgan fingerprint density at radius 3 is 2.06 bits per heavy atom. The third kappa shape index (κ3) is 5.99. The molecule has 0 saturated heterocycles. The Labute approximate surface area is 95.7 Å². The van der Waals surface area contributed by atoms with Gasteiger partial charge in [0, 0.05) is 0 Å². The van der Waals surface area contributed by atoms with Gasteiger partial charge < -0.3 is 4.90 Å². The van der Waals surface area contributed by atoms with Crippen LogP contribution < -0.4 is 0 Å². The van der Waals surface area contributed by atoms with E-state index in [1.165, 1.54) is 0 Å². The Hall–Kier alpha value is -0.730. The van der Waals surface area contributed by atoms with Crippen molar-refractivity contribution in [3.8, 4) is 0 Å². The Morgan fingerprint density at radius 1 is 1.25 bits per heavy atom. The van der Waals surface area contributed by atoms with Gasteiger partial charge >= 0.3 is 12.6 Å². The molecule has 0 aromatic heterocycles. The maximum absolute atomic E-state index is 11.9. The van der Waals surface area contributed by atoms with Gasteiger partial charge in [-0.05, 0) is 0 Å². The summed E-state index contributed by atoms with van der Waals surface area (Å²) in [4.78, 5) is 21.2. The Morgan fingerprint density at radius 2 is 1.75 bits per heavy atom. The molecule has 3 nitrogen and oxygen atoms in total. The van der Waals surface area contributed by atoms with Crippen LogP contribution >= 0.6 is 15.9 Å². The van der Waals surface area contributed by atoms with Crippen LogP contribution in [0.25, 0.3) is 0 Å². The molecular formula is C7H7BrF5NO2. The second-order valence-electron chi connectivity index (χ2n) is 2.78. The zero-order valence-electron chi connectivity index (χ0n) is 7.73. The predicted octanol–water partition coefficient (Wildman–Crippen LogP) is 1.61. The molecule has 16 heavy (non-hydrogen) atoms. The highest BCUT2D eigenvalue weighted by Crippen LogP contribution is 2.17. The number of halogens is 6. The fraction of sp³-hybridized carbons (Fsp3) is 0.714. The smallest absolute Gasteiger partial charge is 0.321 e. The zero-order valence-corrected chi connectivity index (χ0v) is 9.32. The van der Waals surface area contributed by atoms with Crippen LogP contribution in [0.1, 0.15) is 0 Å². The lowest BCUT2D eigenvalue weighted by molar-refractivity contribution is -0.168. The van der Waals surface area contributed by atoms with Crippen LogP contribution in [0.5, 0.6) is 0 Å². The molecule has 0 fully saturated rings. The van der Waals surface area contributed by atoms with Gasteiger partial charge in [-0.3, -0.25) is 9.59 Å². The van der Waals surface area contributed by atoms with Crippen LogP contribution in [0.15, 0.2) is 0 Å². The lowest BCUT2D eigenvalue weighted by Crippen LogP contribution is -2.44. The molecule has 0 aromatic carbocycles. The van der Waals surface area contributed by atoms with Gasteiger partial charge in [0.05, 0.1) is 11.9 Å². The minimum Gasteiger partial charge on any atom is -0.321 e. The van der Waals surface area contributed by atoms with Gasteiger partial charge in [-0.1, -0.05) is 15.9 Å². The molecule has 0 aliphatic rings. The van der Waals surface area contributed by atoms with Crippen molar-refractivity contribution in [3.63, 3.8) is 0 Å². The number of amides is 1. The molecule has 0 aliphatic carbocycles. The summed E-state index contributed by atoms with van der Waals surface area (Å²) in [7, 11) is 0. The maximum atomic E-state index is 11.9. The van der Waals surface area contributed by atoms with E-state index in [1.54, 1.807) is 0 Å².